The standard InChI is InChI=1S/C15H18FNO2/c1-3-17-9-15-12(6-7-18-15)10-19-14-5-4-13(16)8-11(14)2/h4-8,17H,3,9-10H2,1-2H3. The van der Waals surface area contributed by atoms with Gasteiger partial charge in [0.2, 0.25) is 0 Å². The van der Waals surface area contributed by atoms with Crippen LogP contribution >= 0.6 is 0 Å². The predicted octanol–water partition coefficient (Wildman–Crippen LogP) is 3.42. The molecule has 2 rings (SSSR count). The van der Waals surface area contributed by atoms with Crippen molar-refractivity contribution < 1.29 is 13.5 Å². The van der Waals surface area contributed by atoms with E-state index in [4.69, 9.17) is 9.15 Å². The minimum absolute atomic E-state index is 0.249. The van der Waals surface area contributed by atoms with Gasteiger partial charge in [-0.25, -0.2) is 4.39 Å². The molecule has 0 aliphatic rings. The highest BCUT2D eigenvalue weighted by Crippen LogP contribution is 2.21. The Hall–Kier alpha value is -1.81. The molecule has 19 heavy (non-hydrogen) atoms. The summed E-state index contributed by atoms with van der Waals surface area (Å²) in [6.07, 6.45) is 1.66. The summed E-state index contributed by atoms with van der Waals surface area (Å²) in [4.78, 5) is 0. The van der Waals surface area contributed by atoms with E-state index in [0.717, 1.165) is 23.4 Å². The summed E-state index contributed by atoms with van der Waals surface area (Å²) in [5.74, 6) is 1.32. The second-order valence-electron chi connectivity index (χ2n) is 4.35. The number of rotatable bonds is 6. The van der Waals surface area contributed by atoms with Gasteiger partial charge in [-0.05, 0) is 43.3 Å². The largest absolute Gasteiger partial charge is 0.488 e. The first kappa shape index (κ1) is 13.6. The number of hydrogen-bond donors (Lipinski definition) is 1. The van der Waals surface area contributed by atoms with Gasteiger partial charge in [0.25, 0.3) is 0 Å². The molecule has 0 atom stereocenters. The van der Waals surface area contributed by atoms with E-state index in [1.54, 1.807) is 12.3 Å². The fraction of sp³-hybridized carbons (Fsp3) is 0.333. The average Bonchev–Trinajstić information content (AvgIpc) is 2.83. The Balaban J connectivity index is 2.00. The third kappa shape index (κ3) is 3.58. The quantitative estimate of drug-likeness (QED) is 0.867. The van der Waals surface area contributed by atoms with E-state index >= 15 is 0 Å². The maximum atomic E-state index is 13.0. The summed E-state index contributed by atoms with van der Waals surface area (Å²) < 4.78 is 24.1. The molecular weight excluding hydrogens is 245 g/mol. The number of halogens is 1. The van der Waals surface area contributed by atoms with Crippen LogP contribution in [0, 0.1) is 12.7 Å². The molecule has 0 aliphatic heterocycles. The molecule has 1 heterocycles. The molecule has 4 heteroatoms. The van der Waals surface area contributed by atoms with Gasteiger partial charge < -0.3 is 14.5 Å². The Morgan fingerprint density at radius 1 is 1.32 bits per heavy atom. The molecule has 0 saturated carbocycles. The lowest BCUT2D eigenvalue weighted by Gasteiger charge is -2.09. The molecule has 2 aromatic rings. The van der Waals surface area contributed by atoms with Crippen molar-refractivity contribution in [2.45, 2.75) is 27.0 Å². The molecule has 1 N–H and O–H groups in total. The number of hydrogen-bond acceptors (Lipinski definition) is 3. The molecule has 0 fully saturated rings. The molecule has 102 valence electrons. The van der Waals surface area contributed by atoms with Crippen LogP contribution in [0.4, 0.5) is 4.39 Å². The van der Waals surface area contributed by atoms with Crippen LogP contribution in [0.3, 0.4) is 0 Å². The van der Waals surface area contributed by atoms with Crippen LogP contribution < -0.4 is 10.1 Å². The van der Waals surface area contributed by atoms with E-state index < -0.39 is 0 Å². The number of ether oxygens (including phenoxy) is 1. The molecule has 1 aromatic heterocycles. The minimum Gasteiger partial charge on any atom is -0.488 e. The van der Waals surface area contributed by atoms with Crippen molar-refractivity contribution in [1.82, 2.24) is 5.32 Å². The Labute approximate surface area is 112 Å². The van der Waals surface area contributed by atoms with Crippen LogP contribution in [0.15, 0.2) is 34.9 Å². The molecule has 3 nitrogen and oxygen atoms in total. The SMILES string of the molecule is CCNCc1occc1COc1ccc(F)cc1C. The zero-order valence-corrected chi connectivity index (χ0v) is 11.2. The highest BCUT2D eigenvalue weighted by atomic mass is 19.1. The first-order valence-electron chi connectivity index (χ1n) is 6.35. The molecule has 0 unspecified atom stereocenters. The molecule has 0 spiro atoms. The Morgan fingerprint density at radius 2 is 2.16 bits per heavy atom. The highest BCUT2D eigenvalue weighted by Gasteiger charge is 2.08. The van der Waals surface area contributed by atoms with Crippen molar-refractivity contribution in [3.8, 4) is 5.75 Å². The molecule has 0 amide bonds. The summed E-state index contributed by atoms with van der Waals surface area (Å²) in [5, 5.41) is 3.21. The molecule has 0 radical (unpaired) electrons. The molecule has 1 aromatic carbocycles. The summed E-state index contributed by atoms with van der Waals surface area (Å²) in [6.45, 7) is 5.86. The van der Waals surface area contributed by atoms with Crippen LogP contribution in [0.2, 0.25) is 0 Å². The lowest BCUT2D eigenvalue weighted by Crippen LogP contribution is -2.12. The summed E-state index contributed by atoms with van der Waals surface area (Å²) in [5.41, 5.74) is 1.79. The van der Waals surface area contributed by atoms with Gasteiger partial charge in [-0.2, -0.15) is 0 Å². The maximum Gasteiger partial charge on any atom is 0.124 e. The van der Waals surface area contributed by atoms with E-state index in [2.05, 4.69) is 5.32 Å². The fourth-order valence-electron chi connectivity index (χ4n) is 1.82. The minimum atomic E-state index is -0.249. The zero-order chi connectivity index (χ0) is 13.7. The lowest BCUT2D eigenvalue weighted by molar-refractivity contribution is 0.299. The third-order valence-corrected chi connectivity index (χ3v) is 2.89. The first-order valence-corrected chi connectivity index (χ1v) is 6.35. The van der Waals surface area contributed by atoms with Gasteiger partial charge in [0.1, 0.15) is 23.9 Å². The van der Waals surface area contributed by atoms with E-state index in [9.17, 15) is 4.39 Å². The van der Waals surface area contributed by atoms with Crippen molar-refractivity contribution >= 4 is 0 Å². The smallest absolute Gasteiger partial charge is 0.124 e. The summed E-state index contributed by atoms with van der Waals surface area (Å²) in [7, 11) is 0. The second-order valence-corrected chi connectivity index (χ2v) is 4.35. The summed E-state index contributed by atoms with van der Waals surface area (Å²) >= 11 is 0. The van der Waals surface area contributed by atoms with Crippen LogP contribution in [0.1, 0.15) is 23.8 Å². The van der Waals surface area contributed by atoms with Gasteiger partial charge in [-0.1, -0.05) is 6.92 Å². The van der Waals surface area contributed by atoms with Gasteiger partial charge in [-0.3, -0.25) is 0 Å². The van der Waals surface area contributed by atoms with Crippen LogP contribution in [0.25, 0.3) is 0 Å². The molecule has 0 aliphatic carbocycles. The van der Waals surface area contributed by atoms with E-state index in [1.165, 1.54) is 12.1 Å². The van der Waals surface area contributed by atoms with Crippen LogP contribution in [0.5, 0.6) is 5.75 Å². The first-order chi connectivity index (χ1) is 9.20. The number of nitrogens with one attached hydrogen (secondary N) is 1. The normalized spacial score (nSPS) is 10.7. The van der Waals surface area contributed by atoms with Gasteiger partial charge in [0, 0.05) is 5.56 Å². The van der Waals surface area contributed by atoms with E-state index in [-0.39, 0.29) is 5.82 Å². The van der Waals surface area contributed by atoms with Gasteiger partial charge >= 0.3 is 0 Å². The maximum absolute atomic E-state index is 13.0. The van der Waals surface area contributed by atoms with Crippen LogP contribution in [-0.2, 0) is 13.2 Å². The molecule has 0 saturated heterocycles. The molecule has 0 bridgehead atoms. The zero-order valence-electron chi connectivity index (χ0n) is 11.2. The highest BCUT2D eigenvalue weighted by molar-refractivity contribution is 5.33. The second kappa shape index (κ2) is 6.38. The van der Waals surface area contributed by atoms with Crippen molar-refractivity contribution in [1.29, 1.82) is 0 Å². The van der Waals surface area contributed by atoms with Crippen LogP contribution in [-0.4, -0.2) is 6.54 Å². The number of furan rings is 1. The Morgan fingerprint density at radius 3 is 2.89 bits per heavy atom. The van der Waals surface area contributed by atoms with Gasteiger partial charge in [0.05, 0.1) is 12.8 Å². The van der Waals surface area contributed by atoms with Crippen molar-refractivity contribution in [3.05, 3.63) is 53.2 Å². The van der Waals surface area contributed by atoms with Crippen molar-refractivity contribution in [2.24, 2.45) is 0 Å². The molecular formula is C15H18FNO2. The Kier molecular flexibility index (Phi) is 4.58. The lowest BCUT2D eigenvalue weighted by atomic mass is 10.2. The van der Waals surface area contributed by atoms with Gasteiger partial charge in [0.15, 0.2) is 0 Å². The third-order valence-electron chi connectivity index (χ3n) is 2.89. The fourth-order valence-corrected chi connectivity index (χ4v) is 1.82. The monoisotopic (exact) mass is 263 g/mol. The predicted molar refractivity (Wildman–Crippen MR) is 71.6 cm³/mol. The van der Waals surface area contributed by atoms with Gasteiger partial charge in [-0.15, -0.1) is 0 Å². The topological polar surface area (TPSA) is 34.4 Å². The number of benzene rings is 1. The average molecular weight is 263 g/mol. The van der Waals surface area contributed by atoms with E-state index in [0.29, 0.717) is 18.9 Å². The van der Waals surface area contributed by atoms with Crippen molar-refractivity contribution in [3.63, 3.8) is 0 Å². The van der Waals surface area contributed by atoms with Crippen molar-refractivity contribution in [2.75, 3.05) is 6.54 Å². The Bertz CT molecular complexity index is 537. The summed E-state index contributed by atoms with van der Waals surface area (Å²) in [6, 6.07) is 6.40. The number of aryl methyl sites for hydroxylation is 1. The van der Waals surface area contributed by atoms with E-state index in [1.807, 2.05) is 19.9 Å².